The van der Waals surface area contributed by atoms with Crippen LogP contribution in [-0.2, 0) is 13.0 Å². The maximum Gasteiger partial charge on any atom is 0.573 e. The predicted molar refractivity (Wildman–Crippen MR) is 80.7 cm³/mol. The molecule has 1 aliphatic heterocycles. The van der Waals surface area contributed by atoms with E-state index in [0.29, 0.717) is 25.6 Å². The van der Waals surface area contributed by atoms with Crippen LogP contribution in [0.5, 0.6) is 23.0 Å². The summed E-state index contributed by atoms with van der Waals surface area (Å²) in [5.41, 5.74) is 1.92. The lowest BCUT2D eigenvalue weighted by Crippen LogP contribution is -2.19. The Kier molecular flexibility index (Phi) is 5.09. The number of nitrogens with zero attached hydrogens (tertiary/aromatic N) is 1. The second kappa shape index (κ2) is 7.18. The van der Waals surface area contributed by atoms with Crippen LogP contribution in [0.4, 0.5) is 26.3 Å². The van der Waals surface area contributed by atoms with Gasteiger partial charge < -0.3 is 14.2 Å². The fraction of sp³-hybridized carbons (Fsp3) is 0.294. The standard InChI is InChI=1S/C17H12F6NO3/c18-16(19,20)26-13-3-4-14(15(8-13)27-17(21,22)23)25-12-2-1-11-9-24-6-5-10(11)7-12/h1-4,7-8H,5-6,9H2. The number of halogens is 6. The van der Waals surface area contributed by atoms with E-state index in [1.54, 1.807) is 12.1 Å². The molecule has 0 bridgehead atoms. The van der Waals surface area contributed by atoms with E-state index in [0.717, 1.165) is 23.3 Å². The van der Waals surface area contributed by atoms with E-state index >= 15 is 0 Å². The van der Waals surface area contributed by atoms with Crippen LogP contribution in [0.25, 0.3) is 0 Å². The van der Waals surface area contributed by atoms with Crippen molar-refractivity contribution in [3.8, 4) is 23.0 Å². The number of hydrogen-bond donors (Lipinski definition) is 0. The van der Waals surface area contributed by atoms with Crippen LogP contribution in [-0.4, -0.2) is 19.3 Å². The monoisotopic (exact) mass is 392 g/mol. The number of alkyl halides is 6. The van der Waals surface area contributed by atoms with E-state index < -0.39 is 30.0 Å². The first-order valence-electron chi connectivity index (χ1n) is 7.67. The van der Waals surface area contributed by atoms with Crippen LogP contribution in [0, 0.1) is 0 Å². The van der Waals surface area contributed by atoms with Gasteiger partial charge in [0.1, 0.15) is 11.5 Å². The van der Waals surface area contributed by atoms with Crippen LogP contribution in [0.2, 0.25) is 0 Å². The molecule has 1 heterocycles. The van der Waals surface area contributed by atoms with Crippen LogP contribution in [0.1, 0.15) is 11.1 Å². The van der Waals surface area contributed by atoms with E-state index in [2.05, 4.69) is 14.8 Å². The molecule has 0 aliphatic carbocycles. The Morgan fingerprint density at radius 2 is 1.44 bits per heavy atom. The summed E-state index contributed by atoms with van der Waals surface area (Å²) >= 11 is 0. The van der Waals surface area contributed by atoms with Crippen molar-refractivity contribution in [2.75, 3.05) is 6.54 Å². The molecule has 0 aromatic heterocycles. The maximum absolute atomic E-state index is 12.6. The summed E-state index contributed by atoms with van der Waals surface area (Å²) in [6, 6.07) is 7.14. The van der Waals surface area contributed by atoms with E-state index in [4.69, 9.17) is 4.74 Å². The molecular formula is C17H12F6NO3. The van der Waals surface area contributed by atoms with Gasteiger partial charge in [-0.1, -0.05) is 6.07 Å². The third-order valence-electron chi connectivity index (χ3n) is 3.60. The second-order valence-corrected chi connectivity index (χ2v) is 5.59. The van der Waals surface area contributed by atoms with Crippen molar-refractivity contribution >= 4 is 0 Å². The van der Waals surface area contributed by atoms with E-state index in [9.17, 15) is 26.3 Å². The molecule has 0 atom stereocenters. The molecule has 4 nitrogen and oxygen atoms in total. The van der Waals surface area contributed by atoms with Crippen LogP contribution in [0.15, 0.2) is 36.4 Å². The van der Waals surface area contributed by atoms with Crippen molar-refractivity contribution in [1.82, 2.24) is 5.32 Å². The predicted octanol–water partition coefficient (Wildman–Crippen LogP) is 4.94. The Labute approximate surface area is 149 Å². The molecule has 1 aliphatic rings. The quantitative estimate of drug-likeness (QED) is 0.693. The van der Waals surface area contributed by atoms with Gasteiger partial charge >= 0.3 is 12.7 Å². The van der Waals surface area contributed by atoms with Gasteiger partial charge in [0, 0.05) is 19.2 Å². The van der Waals surface area contributed by atoms with Gasteiger partial charge in [-0.3, -0.25) is 0 Å². The van der Waals surface area contributed by atoms with Gasteiger partial charge in [0.25, 0.3) is 0 Å². The zero-order chi connectivity index (χ0) is 19.7. The van der Waals surface area contributed by atoms with Gasteiger partial charge in [-0.2, -0.15) is 0 Å². The number of hydrogen-bond acceptors (Lipinski definition) is 3. The first-order valence-corrected chi connectivity index (χ1v) is 7.67. The molecule has 3 rings (SSSR count). The highest BCUT2D eigenvalue weighted by Crippen LogP contribution is 2.39. The van der Waals surface area contributed by atoms with Crippen molar-refractivity contribution in [2.45, 2.75) is 25.7 Å². The Hall–Kier alpha value is -2.62. The van der Waals surface area contributed by atoms with E-state index in [-0.39, 0.29) is 5.75 Å². The van der Waals surface area contributed by atoms with Crippen molar-refractivity contribution in [1.29, 1.82) is 0 Å². The van der Waals surface area contributed by atoms with Crippen molar-refractivity contribution in [3.05, 3.63) is 47.5 Å². The number of fused-ring (bicyclic) bond motifs is 1. The Bertz CT molecular complexity index is 819. The minimum absolute atomic E-state index is 0.229. The molecular weight excluding hydrogens is 380 g/mol. The van der Waals surface area contributed by atoms with Crippen LogP contribution >= 0.6 is 0 Å². The maximum atomic E-state index is 12.6. The Morgan fingerprint density at radius 1 is 0.741 bits per heavy atom. The lowest BCUT2D eigenvalue weighted by Gasteiger charge is -2.18. The number of ether oxygens (including phenoxy) is 3. The SMILES string of the molecule is FC(F)(F)Oc1ccc(Oc2ccc3c(c2)CC[N]C3)c(OC(F)(F)F)c1. The lowest BCUT2D eigenvalue weighted by molar-refractivity contribution is -0.276. The first-order chi connectivity index (χ1) is 12.6. The largest absolute Gasteiger partial charge is 0.573 e. The van der Waals surface area contributed by atoms with Crippen LogP contribution in [0.3, 0.4) is 0 Å². The Balaban J connectivity index is 1.89. The van der Waals surface area contributed by atoms with Gasteiger partial charge in [0.05, 0.1) is 0 Å². The summed E-state index contributed by atoms with van der Waals surface area (Å²) in [4.78, 5) is 0. The molecule has 27 heavy (non-hydrogen) atoms. The molecule has 0 N–H and O–H groups in total. The zero-order valence-corrected chi connectivity index (χ0v) is 13.5. The molecule has 10 heteroatoms. The highest BCUT2D eigenvalue weighted by molar-refractivity contribution is 5.48. The van der Waals surface area contributed by atoms with Gasteiger partial charge in [0.2, 0.25) is 0 Å². The summed E-state index contributed by atoms with van der Waals surface area (Å²) < 4.78 is 87.5. The van der Waals surface area contributed by atoms with Crippen molar-refractivity contribution in [3.63, 3.8) is 0 Å². The van der Waals surface area contributed by atoms with Gasteiger partial charge in [-0.15, -0.1) is 26.3 Å². The first kappa shape index (κ1) is 19.2. The smallest absolute Gasteiger partial charge is 0.453 e. The summed E-state index contributed by atoms with van der Waals surface area (Å²) in [6.07, 6.45) is -9.51. The van der Waals surface area contributed by atoms with Gasteiger partial charge in [-0.05, 0) is 41.8 Å². The third-order valence-corrected chi connectivity index (χ3v) is 3.60. The average molecular weight is 392 g/mol. The Morgan fingerprint density at radius 3 is 2.15 bits per heavy atom. The molecule has 0 amide bonds. The molecule has 0 saturated carbocycles. The summed E-state index contributed by atoms with van der Waals surface area (Å²) in [5.74, 6) is -1.98. The molecule has 145 valence electrons. The summed E-state index contributed by atoms with van der Waals surface area (Å²) in [7, 11) is 0. The highest BCUT2D eigenvalue weighted by Gasteiger charge is 2.35. The highest BCUT2D eigenvalue weighted by atomic mass is 19.4. The average Bonchev–Trinajstić information content (AvgIpc) is 2.54. The minimum Gasteiger partial charge on any atom is -0.453 e. The zero-order valence-electron chi connectivity index (χ0n) is 13.5. The molecule has 2 aromatic carbocycles. The molecule has 1 radical (unpaired) electrons. The van der Waals surface area contributed by atoms with Gasteiger partial charge in [0.15, 0.2) is 11.5 Å². The van der Waals surface area contributed by atoms with E-state index in [1.165, 1.54) is 6.07 Å². The second-order valence-electron chi connectivity index (χ2n) is 5.59. The fourth-order valence-electron chi connectivity index (χ4n) is 2.55. The topological polar surface area (TPSA) is 41.8 Å². The normalized spacial score (nSPS) is 14.4. The lowest BCUT2D eigenvalue weighted by atomic mass is 10.0. The van der Waals surface area contributed by atoms with Crippen molar-refractivity contribution < 1.29 is 40.6 Å². The minimum atomic E-state index is -5.12. The van der Waals surface area contributed by atoms with E-state index in [1.807, 2.05) is 0 Å². The molecule has 0 unspecified atom stereocenters. The molecule has 0 saturated heterocycles. The molecule has 0 fully saturated rings. The van der Waals surface area contributed by atoms with Crippen molar-refractivity contribution in [2.24, 2.45) is 0 Å². The fourth-order valence-corrected chi connectivity index (χ4v) is 2.55. The summed E-state index contributed by atoms with van der Waals surface area (Å²) in [5, 5.41) is 4.23. The third kappa shape index (κ3) is 5.43. The summed E-state index contributed by atoms with van der Waals surface area (Å²) in [6.45, 7) is 1.17. The number of benzene rings is 2. The molecule has 0 spiro atoms. The number of rotatable bonds is 4. The van der Waals surface area contributed by atoms with Gasteiger partial charge in [-0.25, -0.2) is 5.32 Å². The molecule has 2 aromatic rings. The van der Waals surface area contributed by atoms with Crippen LogP contribution < -0.4 is 19.5 Å².